The highest BCUT2D eigenvalue weighted by atomic mass is 19.4. The summed E-state index contributed by atoms with van der Waals surface area (Å²) in [5, 5.41) is 4.26. The molecular formula is C24H24F3N3O4. The lowest BCUT2D eigenvalue weighted by atomic mass is 9.86. The molecule has 1 aliphatic rings. The molecule has 1 amide bonds. The third-order valence-corrected chi connectivity index (χ3v) is 5.75. The number of alkyl halides is 3. The van der Waals surface area contributed by atoms with Crippen LogP contribution in [-0.2, 0) is 13.5 Å². The molecule has 0 bridgehead atoms. The van der Waals surface area contributed by atoms with Crippen molar-refractivity contribution in [3.05, 3.63) is 70.5 Å². The summed E-state index contributed by atoms with van der Waals surface area (Å²) in [6.07, 6.45) is -4.32. The summed E-state index contributed by atoms with van der Waals surface area (Å²) in [7, 11) is 4.72. The molecule has 2 aromatic carbocycles. The van der Waals surface area contributed by atoms with E-state index in [1.807, 2.05) is 6.07 Å². The van der Waals surface area contributed by atoms with Gasteiger partial charge >= 0.3 is 6.36 Å². The van der Waals surface area contributed by atoms with Crippen molar-refractivity contribution in [1.82, 2.24) is 14.7 Å². The first-order valence-electron chi connectivity index (χ1n) is 10.5. The zero-order chi connectivity index (χ0) is 24.6. The number of aryl methyl sites for hydroxylation is 2. The summed E-state index contributed by atoms with van der Waals surface area (Å²) < 4.78 is 55.4. The minimum Gasteiger partial charge on any atom is -0.497 e. The minimum atomic E-state index is -4.84. The normalized spacial score (nSPS) is 15.6. The second kappa shape index (κ2) is 8.92. The zero-order valence-corrected chi connectivity index (χ0v) is 19.1. The average Bonchev–Trinajstić information content (AvgIpc) is 3.13. The maximum absolute atomic E-state index is 13.7. The number of halogens is 3. The van der Waals surface area contributed by atoms with Crippen LogP contribution < -0.4 is 14.2 Å². The van der Waals surface area contributed by atoms with E-state index in [2.05, 4.69) is 9.84 Å². The summed E-state index contributed by atoms with van der Waals surface area (Å²) in [6, 6.07) is 10.2. The lowest BCUT2D eigenvalue weighted by Crippen LogP contribution is -2.41. The Labute approximate surface area is 194 Å². The van der Waals surface area contributed by atoms with E-state index in [0.29, 0.717) is 47.0 Å². The Balaban J connectivity index is 1.88. The van der Waals surface area contributed by atoms with Gasteiger partial charge in [0.25, 0.3) is 5.91 Å². The lowest BCUT2D eigenvalue weighted by Gasteiger charge is -2.38. The van der Waals surface area contributed by atoms with Gasteiger partial charge in [-0.1, -0.05) is 12.1 Å². The monoisotopic (exact) mass is 475 g/mol. The second-order valence-electron chi connectivity index (χ2n) is 7.97. The van der Waals surface area contributed by atoms with Crippen molar-refractivity contribution in [2.24, 2.45) is 7.05 Å². The average molecular weight is 475 g/mol. The molecule has 1 aliphatic heterocycles. The first kappa shape index (κ1) is 23.5. The van der Waals surface area contributed by atoms with E-state index >= 15 is 0 Å². The molecule has 34 heavy (non-hydrogen) atoms. The summed E-state index contributed by atoms with van der Waals surface area (Å²) in [5.41, 5.74) is 3.08. The van der Waals surface area contributed by atoms with Crippen LogP contribution in [0.2, 0.25) is 0 Å². The van der Waals surface area contributed by atoms with E-state index < -0.39 is 12.4 Å². The van der Waals surface area contributed by atoms with Crippen LogP contribution in [0.3, 0.4) is 0 Å². The number of carbonyl (C=O) groups is 1. The predicted molar refractivity (Wildman–Crippen MR) is 117 cm³/mol. The Kier molecular flexibility index (Phi) is 6.16. The van der Waals surface area contributed by atoms with Gasteiger partial charge in [0.15, 0.2) is 0 Å². The van der Waals surface area contributed by atoms with Crippen molar-refractivity contribution in [3.63, 3.8) is 0 Å². The summed E-state index contributed by atoms with van der Waals surface area (Å²) in [5.74, 6) is 0.401. The number of benzene rings is 2. The van der Waals surface area contributed by atoms with Crippen LogP contribution in [-0.4, -0.2) is 47.7 Å². The molecule has 1 atom stereocenters. The van der Waals surface area contributed by atoms with Crippen molar-refractivity contribution >= 4 is 5.91 Å². The van der Waals surface area contributed by atoms with Gasteiger partial charge in [-0.3, -0.25) is 9.48 Å². The van der Waals surface area contributed by atoms with Crippen LogP contribution in [0, 0.1) is 6.92 Å². The molecule has 7 nitrogen and oxygen atoms in total. The number of rotatable bonds is 5. The number of fused-ring (bicyclic) bond motifs is 1. The van der Waals surface area contributed by atoms with Crippen molar-refractivity contribution in [2.45, 2.75) is 25.7 Å². The maximum Gasteiger partial charge on any atom is 0.573 e. The van der Waals surface area contributed by atoms with Crippen LogP contribution >= 0.6 is 0 Å². The molecule has 2 heterocycles. The Morgan fingerprint density at radius 1 is 1.09 bits per heavy atom. The third kappa shape index (κ3) is 4.52. The number of hydrogen-bond donors (Lipinski definition) is 0. The molecule has 180 valence electrons. The van der Waals surface area contributed by atoms with Crippen molar-refractivity contribution in [2.75, 3.05) is 20.8 Å². The molecule has 0 fully saturated rings. The van der Waals surface area contributed by atoms with Crippen molar-refractivity contribution in [3.8, 4) is 17.2 Å². The van der Waals surface area contributed by atoms with Crippen molar-refractivity contribution < 1.29 is 32.2 Å². The Bertz CT molecular complexity index is 1210. The van der Waals surface area contributed by atoms with E-state index in [0.717, 1.165) is 5.56 Å². The number of carbonyl (C=O) groups excluding carboxylic acids is 1. The van der Waals surface area contributed by atoms with Gasteiger partial charge < -0.3 is 19.1 Å². The number of amides is 1. The second-order valence-corrected chi connectivity index (χ2v) is 7.97. The van der Waals surface area contributed by atoms with E-state index in [9.17, 15) is 18.0 Å². The SMILES string of the molecule is COc1cc2c(c(OC)c1)C(c1cccc(OC(F)(F)F)c1)N(C(=O)c1cc(C)nn1C)CC2. The molecule has 0 radical (unpaired) electrons. The van der Waals surface area contributed by atoms with Gasteiger partial charge in [-0.2, -0.15) is 5.10 Å². The van der Waals surface area contributed by atoms with E-state index in [1.54, 1.807) is 44.2 Å². The van der Waals surface area contributed by atoms with Crippen molar-refractivity contribution in [1.29, 1.82) is 0 Å². The Hall–Kier alpha value is -3.69. The molecule has 1 aromatic heterocycles. The minimum absolute atomic E-state index is 0.293. The summed E-state index contributed by atoms with van der Waals surface area (Å²) >= 11 is 0. The molecular weight excluding hydrogens is 451 g/mol. The topological polar surface area (TPSA) is 65.8 Å². The van der Waals surface area contributed by atoms with E-state index in [1.165, 1.54) is 30.0 Å². The van der Waals surface area contributed by atoms with Gasteiger partial charge in [0.05, 0.1) is 26.0 Å². The van der Waals surface area contributed by atoms with Gasteiger partial charge in [-0.15, -0.1) is 13.2 Å². The van der Waals surface area contributed by atoms with E-state index in [4.69, 9.17) is 9.47 Å². The number of ether oxygens (including phenoxy) is 3. The molecule has 3 aromatic rings. The fourth-order valence-corrected chi connectivity index (χ4v) is 4.39. The van der Waals surface area contributed by atoms with E-state index in [-0.39, 0.29) is 11.7 Å². The Morgan fingerprint density at radius 2 is 1.85 bits per heavy atom. The number of methoxy groups -OCH3 is 2. The van der Waals surface area contributed by atoms with Gasteiger partial charge in [0.2, 0.25) is 0 Å². The van der Waals surface area contributed by atoms with Gasteiger partial charge in [0, 0.05) is 25.2 Å². The molecule has 1 unspecified atom stereocenters. The lowest BCUT2D eigenvalue weighted by molar-refractivity contribution is -0.274. The summed E-state index contributed by atoms with van der Waals surface area (Å²) in [4.78, 5) is 15.3. The molecule has 0 spiro atoms. The highest BCUT2D eigenvalue weighted by Crippen LogP contribution is 2.44. The van der Waals surface area contributed by atoms with Crippen LogP contribution in [0.25, 0.3) is 0 Å². The van der Waals surface area contributed by atoms with Gasteiger partial charge in [-0.25, -0.2) is 0 Å². The zero-order valence-electron chi connectivity index (χ0n) is 19.1. The fourth-order valence-electron chi connectivity index (χ4n) is 4.39. The third-order valence-electron chi connectivity index (χ3n) is 5.75. The molecule has 0 saturated heterocycles. The largest absolute Gasteiger partial charge is 0.573 e. The molecule has 4 rings (SSSR count). The van der Waals surface area contributed by atoms with Gasteiger partial charge in [-0.05, 0) is 48.7 Å². The maximum atomic E-state index is 13.7. The number of nitrogens with zero attached hydrogens (tertiary/aromatic N) is 3. The smallest absolute Gasteiger partial charge is 0.497 e. The van der Waals surface area contributed by atoms with Gasteiger partial charge in [0.1, 0.15) is 22.9 Å². The van der Waals surface area contributed by atoms with Crippen LogP contribution in [0.1, 0.15) is 38.9 Å². The van der Waals surface area contributed by atoms with Crippen LogP contribution in [0.4, 0.5) is 13.2 Å². The number of hydrogen-bond acceptors (Lipinski definition) is 5. The van der Waals surface area contributed by atoms with Crippen LogP contribution in [0.5, 0.6) is 17.2 Å². The standard InChI is InChI=1S/C24H24F3N3O4/c1-14-10-19(29(2)28-14)23(31)30-9-8-15-11-18(32-3)13-20(33-4)21(15)22(30)16-6-5-7-17(12-16)34-24(25,26)27/h5-7,10-13,22H,8-9H2,1-4H3. The number of aromatic nitrogens is 2. The molecule has 0 aliphatic carbocycles. The summed E-state index contributed by atoms with van der Waals surface area (Å²) in [6.45, 7) is 2.12. The molecule has 0 saturated carbocycles. The molecule has 10 heteroatoms. The first-order valence-corrected chi connectivity index (χ1v) is 10.5. The highest BCUT2D eigenvalue weighted by molar-refractivity contribution is 5.93. The first-order chi connectivity index (χ1) is 16.1. The quantitative estimate of drug-likeness (QED) is 0.546. The van der Waals surface area contributed by atoms with Crippen LogP contribution in [0.15, 0.2) is 42.5 Å². The highest BCUT2D eigenvalue weighted by Gasteiger charge is 2.37. The predicted octanol–water partition coefficient (Wildman–Crippen LogP) is 4.43. The fraction of sp³-hybridized carbons (Fsp3) is 0.333. The Morgan fingerprint density at radius 3 is 2.47 bits per heavy atom. The molecule has 0 N–H and O–H groups in total.